The van der Waals surface area contributed by atoms with Gasteiger partial charge in [0.15, 0.2) is 8.32 Å². The van der Waals surface area contributed by atoms with Gasteiger partial charge in [0.1, 0.15) is 0 Å². The van der Waals surface area contributed by atoms with Crippen LogP contribution in [0.25, 0.3) is 0 Å². The summed E-state index contributed by atoms with van der Waals surface area (Å²) in [5, 5.41) is 0.338. The molecule has 0 aliphatic rings. The third-order valence-corrected chi connectivity index (χ3v) is 8.47. The standard InChI is InChI=1S/C12H27IOSi/c1-7-8-11(9-10-13)14-15(5,6)12(2,3)4/h11H,7-10H2,1-6H3/t11-/m0/s1. The molecule has 1 nitrogen and oxygen atoms in total. The molecule has 0 heterocycles. The largest absolute Gasteiger partial charge is 0.414 e. The normalized spacial score (nSPS) is 15.4. The maximum Gasteiger partial charge on any atom is 0.192 e. The van der Waals surface area contributed by atoms with Gasteiger partial charge in [-0.15, -0.1) is 0 Å². The first kappa shape index (κ1) is 15.9. The quantitative estimate of drug-likeness (QED) is 0.375. The maximum atomic E-state index is 6.42. The minimum atomic E-state index is -1.55. The number of halogens is 1. The second kappa shape index (κ2) is 6.60. The summed E-state index contributed by atoms with van der Waals surface area (Å²) < 4.78 is 7.62. The Hall–Kier alpha value is 0.907. The summed E-state index contributed by atoms with van der Waals surface area (Å²) in [4.78, 5) is 0. The molecule has 0 saturated heterocycles. The van der Waals surface area contributed by atoms with Crippen molar-refractivity contribution in [1.82, 2.24) is 0 Å². The van der Waals surface area contributed by atoms with Gasteiger partial charge in [0, 0.05) is 10.5 Å². The van der Waals surface area contributed by atoms with Crippen molar-refractivity contribution in [3.63, 3.8) is 0 Å². The Balaban J connectivity index is 4.37. The van der Waals surface area contributed by atoms with Crippen LogP contribution >= 0.6 is 22.6 Å². The number of rotatable bonds is 6. The molecule has 0 unspecified atom stereocenters. The lowest BCUT2D eigenvalue weighted by Gasteiger charge is -2.39. The van der Waals surface area contributed by atoms with Crippen molar-refractivity contribution in [2.24, 2.45) is 0 Å². The highest BCUT2D eigenvalue weighted by atomic mass is 127. The monoisotopic (exact) mass is 342 g/mol. The average Bonchev–Trinajstić information content (AvgIpc) is 2.02. The smallest absolute Gasteiger partial charge is 0.192 e. The van der Waals surface area contributed by atoms with E-state index in [2.05, 4.69) is 63.4 Å². The fraction of sp³-hybridized carbons (Fsp3) is 1.00. The van der Waals surface area contributed by atoms with E-state index in [1.807, 2.05) is 0 Å². The Bertz CT molecular complexity index is 169. The van der Waals surface area contributed by atoms with E-state index < -0.39 is 8.32 Å². The zero-order valence-electron chi connectivity index (χ0n) is 11.2. The molecule has 0 N–H and O–H groups in total. The Morgan fingerprint density at radius 1 is 1.20 bits per heavy atom. The molecule has 0 aromatic heterocycles. The van der Waals surface area contributed by atoms with Crippen LogP contribution in [0.4, 0.5) is 0 Å². The van der Waals surface area contributed by atoms with Gasteiger partial charge in [-0.2, -0.15) is 0 Å². The highest BCUT2D eigenvalue weighted by Crippen LogP contribution is 2.38. The van der Waals surface area contributed by atoms with Crippen LogP contribution < -0.4 is 0 Å². The molecule has 0 bridgehead atoms. The van der Waals surface area contributed by atoms with Crippen molar-refractivity contribution in [2.75, 3.05) is 4.43 Å². The predicted octanol–water partition coefficient (Wildman–Crippen LogP) is 5.00. The van der Waals surface area contributed by atoms with E-state index in [-0.39, 0.29) is 0 Å². The summed E-state index contributed by atoms with van der Waals surface area (Å²) in [7, 11) is -1.55. The summed E-state index contributed by atoms with van der Waals surface area (Å²) in [6.07, 6.45) is 4.15. The van der Waals surface area contributed by atoms with Crippen LogP contribution in [-0.4, -0.2) is 18.8 Å². The molecule has 0 aromatic carbocycles. The molecule has 0 saturated carbocycles. The van der Waals surface area contributed by atoms with E-state index in [9.17, 15) is 0 Å². The van der Waals surface area contributed by atoms with Gasteiger partial charge >= 0.3 is 0 Å². The third-order valence-electron chi connectivity index (χ3n) is 3.31. The van der Waals surface area contributed by atoms with Crippen molar-refractivity contribution in [3.8, 4) is 0 Å². The molecule has 0 amide bonds. The molecule has 0 rings (SSSR count). The molecule has 0 spiro atoms. The zero-order valence-corrected chi connectivity index (χ0v) is 14.3. The van der Waals surface area contributed by atoms with E-state index in [4.69, 9.17) is 4.43 Å². The lowest BCUT2D eigenvalue weighted by atomic mass is 10.2. The highest BCUT2D eigenvalue weighted by molar-refractivity contribution is 14.1. The van der Waals surface area contributed by atoms with Crippen molar-refractivity contribution in [1.29, 1.82) is 0 Å². The summed E-state index contributed by atoms with van der Waals surface area (Å²) in [6, 6.07) is 0. The maximum absolute atomic E-state index is 6.42. The van der Waals surface area contributed by atoms with Gasteiger partial charge < -0.3 is 4.43 Å². The molecule has 92 valence electrons. The van der Waals surface area contributed by atoms with Crippen LogP contribution in [0, 0.1) is 0 Å². The van der Waals surface area contributed by atoms with Gasteiger partial charge in [0.05, 0.1) is 0 Å². The summed E-state index contributed by atoms with van der Waals surface area (Å²) in [6.45, 7) is 13.9. The van der Waals surface area contributed by atoms with E-state index >= 15 is 0 Å². The second-order valence-corrected chi connectivity index (χ2v) is 11.6. The van der Waals surface area contributed by atoms with Crippen LogP contribution in [0.3, 0.4) is 0 Å². The lowest BCUT2D eigenvalue weighted by Crippen LogP contribution is -2.44. The first-order chi connectivity index (χ1) is 6.74. The molecule has 0 aliphatic heterocycles. The van der Waals surface area contributed by atoms with Gasteiger partial charge in [0.25, 0.3) is 0 Å². The molecule has 0 fully saturated rings. The van der Waals surface area contributed by atoms with E-state index in [0.717, 1.165) is 0 Å². The second-order valence-electron chi connectivity index (χ2n) is 5.77. The number of hydrogen-bond acceptors (Lipinski definition) is 1. The Morgan fingerprint density at radius 3 is 2.07 bits per heavy atom. The fourth-order valence-electron chi connectivity index (χ4n) is 1.30. The van der Waals surface area contributed by atoms with Crippen LogP contribution in [0.2, 0.25) is 18.1 Å². The molecule has 3 heteroatoms. The van der Waals surface area contributed by atoms with Crippen molar-refractivity contribution < 1.29 is 4.43 Å². The minimum absolute atomic E-state index is 0.338. The van der Waals surface area contributed by atoms with Gasteiger partial charge in [-0.1, -0.05) is 56.7 Å². The predicted molar refractivity (Wildman–Crippen MR) is 80.5 cm³/mol. The van der Waals surface area contributed by atoms with Crippen LogP contribution in [-0.2, 0) is 4.43 Å². The average molecular weight is 342 g/mol. The van der Waals surface area contributed by atoms with Gasteiger partial charge in [-0.25, -0.2) is 0 Å². The van der Waals surface area contributed by atoms with Crippen molar-refractivity contribution in [3.05, 3.63) is 0 Å². The minimum Gasteiger partial charge on any atom is -0.414 e. The topological polar surface area (TPSA) is 9.23 Å². The third kappa shape index (κ3) is 5.68. The summed E-state index contributed by atoms with van der Waals surface area (Å²) in [5.74, 6) is 0. The zero-order chi connectivity index (χ0) is 12.1. The van der Waals surface area contributed by atoms with E-state index in [1.165, 1.54) is 23.7 Å². The first-order valence-corrected chi connectivity index (χ1v) is 10.4. The van der Waals surface area contributed by atoms with Gasteiger partial charge in [-0.3, -0.25) is 0 Å². The van der Waals surface area contributed by atoms with Crippen molar-refractivity contribution >= 4 is 30.9 Å². The molecule has 0 radical (unpaired) electrons. The molecule has 0 aliphatic carbocycles. The molecule has 0 aromatic rings. The number of hydrogen-bond donors (Lipinski definition) is 0. The Kier molecular flexibility index (Phi) is 6.99. The van der Waals surface area contributed by atoms with E-state index in [0.29, 0.717) is 11.1 Å². The molecule has 15 heavy (non-hydrogen) atoms. The molecular weight excluding hydrogens is 315 g/mol. The first-order valence-electron chi connectivity index (χ1n) is 5.98. The fourth-order valence-corrected chi connectivity index (χ4v) is 3.42. The Labute approximate surface area is 111 Å². The Morgan fingerprint density at radius 2 is 1.73 bits per heavy atom. The highest BCUT2D eigenvalue weighted by Gasteiger charge is 2.38. The van der Waals surface area contributed by atoms with Crippen LogP contribution in [0.5, 0.6) is 0 Å². The van der Waals surface area contributed by atoms with Gasteiger partial charge in [0.2, 0.25) is 0 Å². The van der Waals surface area contributed by atoms with Crippen LogP contribution in [0.1, 0.15) is 47.0 Å². The van der Waals surface area contributed by atoms with Crippen LogP contribution in [0.15, 0.2) is 0 Å². The van der Waals surface area contributed by atoms with E-state index in [1.54, 1.807) is 0 Å². The van der Waals surface area contributed by atoms with Gasteiger partial charge in [-0.05, 0) is 31.0 Å². The lowest BCUT2D eigenvalue weighted by molar-refractivity contribution is 0.167. The summed E-state index contributed by atoms with van der Waals surface area (Å²) in [5.41, 5.74) is 0. The van der Waals surface area contributed by atoms with Crippen molar-refractivity contribution in [2.45, 2.75) is 71.2 Å². The number of alkyl halides is 1. The molecular formula is C12H27IOSi. The SMILES string of the molecule is CCC[C@@H](CCI)O[Si](C)(C)C(C)(C)C. The summed E-state index contributed by atoms with van der Waals surface area (Å²) >= 11 is 2.45. The molecule has 1 atom stereocenters.